The van der Waals surface area contributed by atoms with E-state index in [0.29, 0.717) is 43.0 Å². The van der Waals surface area contributed by atoms with E-state index in [-0.39, 0.29) is 23.8 Å². The van der Waals surface area contributed by atoms with Gasteiger partial charge < -0.3 is 15.0 Å². The molecule has 4 rings (SSSR count). The molecule has 3 fully saturated rings. The fourth-order valence-electron chi connectivity index (χ4n) is 3.92. The minimum absolute atomic E-state index is 0.0846. The normalized spacial score (nSPS) is 34.0. The number of amides is 2. The highest BCUT2D eigenvalue weighted by atomic mass is 16.5. The number of ether oxygens (including phenoxy) is 1. The molecule has 2 aliphatic heterocycles. The van der Waals surface area contributed by atoms with E-state index < -0.39 is 0 Å². The van der Waals surface area contributed by atoms with Gasteiger partial charge in [0.15, 0.2) is 0 Å². The summed E-state index contributed by atoms with van der Waals surface area (Å²) in [5.41, 5.74) is 0.617. The number of carbonyl (C=O) groups is 2. The Kier molecular flexibility index (Phi) is 4.00. The number of likely N-dealkylation sites (tertiary alicyclic amines) is 1. The summed E-state index contributed by atoms with van der Waals surface area (Å²) in [5, 5.41) is 2.99. The van der Waals surface area contributed by atoms with Crippen LogP contribution in [0.2, 0.25) is 0 Å². The third-order valence-corrected chi connectivity index (χ3v) is 5.64. The van der Waals surface area contributed by atoms with Crippen molar-refractivity contribution in [1.29, 1.82) is 0 Å². The number of hydrogen-bond acceptors (Lipinski definition) is 4. The Hall–Kier alpha value is -1.95. The van der Waals surface area contributed by atoms with Crippen molar-refractivity contribution in [3.05, 3.63) is 30.1 Å². The number of fused-ring (bicyclic) bond motifs is 1. The average Bonchev–Trinajstić information content (AvgIpc) is 3.02. The Balaban J connectivity index is 1.31. The van der Waals surface area contributed by atoms with Crippen LogP contribution in [-0.4, -0.2) is 54.0 Å². The van der Waals surface area contributed by atoms with Crippen LogP contribution in [0.25, 0.3) is 0 Å². The van der Waals surface area contributed by atoms with Crippen molar-refractivity contribution >= 4 is 11.8 Å². The molecular formula is C18H23N3O3. The highest BCUT2D eigenvalue weighted by Crippen LogP contribution is 2.41. The lowest BCUT2D eigenvalue weighted by Crippen LogP contribution is -2.36. The zero-order valence-electron chi connectivity index (χ0n) is 13.9. The van der Waals surface area contributed by atoms with Gasteiger partial charge in [0, 0.05) is 55.3 Å². The molecule has 2 saturated heterocycles. The summed E-state index contributed by atoms with van der Waals surface area (Å²) >= 11 is 0. The molecule has 128 valence electrons. The highest BCUT2D eigenvalue weighted by molar-refractivity contribution is 5.93. The second-order valence-electron chi connectivity index (χ2n) is 7.30. The number of nitrogens with zero attached hydrogens (tertiary/aromatic N) is 2. The Bertz CT molecular complexity index is 636. The molecule has 24 heavy (non-hydrogen) atoms. The summed E-state index contributed by atoms with van der Waals surface area (Å²) in [4.78, 5) is 30.5. The summed E-state index contributed by atoms with van der Waals surface area (Å²) in [6.07, 6.45) is 4.38. The standard InChI is InChI=1S/C18H23N3O3/c1-11-6-14(11)18(23)21-8-15-13(10-24-16(15)9-21)7-20-17(22)12-2-4-19-5-3-12/h2-5,11,13-16H,6-10H2,1H3,(H,20,22)/t11?,13-,14?,15+,16+/m0/s1. The van der Waals surface area contributed by atoms with Gasteiger partial charge in [-0.05, 0) is 24.5 Å². The molecule has 3 heterocycles. The largest absolute Gasteiger partial charge is 0.376 e. The van der Waals surface area contributed by atoms with Crippen molar-refractivity contribution in [1.82, 2.24) is 15.2 Å². The molecule has 0 bridgehead atoms. The predicted octanol–water partition coefficient (Wildman–Crippen LogP) is 0.941. The van der Waals surface area contributed by atoms with E-state index in [1.807, 2.05) is 4.90 Å². The molecule has 1 N–H and O–H groups in total. The van der Waals surface area contributed by atoms with Gasteiger partial charge in [-0.25, -0.2) is 0 Å². The van der Waals surface area contributed by atoms with Crippen LogP contribution in [0.15, 0.2) is 24.5 Å². The average molecular weight is 329 g/mol. The maximum Gasteiger partial charge on any atom is 0.251 e. The van der Waals surface area contributed by atoms with E-state index >= 15 is 0 Å². The minimum Gasteiger partial charge on any atom is -0.376 e. The Morgan fingerprint density at radius 3 is 2.79 bits per heavy atom. The molecule has 1 aromatic rings. The zero-order valence-corrected chi connectivity index (χ0v) is 13.9. The second kappa shape index (κ2) is 6.16. The fraction of sp³-hybridized carbons (Fsp3) is 0.611. The lowest BCUT2D eigenvalue weighted by Gasteiger charge is -2.20. The molecule has 0 spiro atoms. The van der Waals surface area contributed by atoms with Gasteiger partial charge in [0.05, 0.1) is 12.7 Å². The van der Waals surface area contributed by atoms with E-state index in [1.165, 1.54) is 0 Å². The van der Waals surface area contributed by atoms with E-state index in [0.717, 1.165) is 13.0 Å². The molecule has 2 unspecified atom stereocenters. The molecule has 1 saturated carbocycles. The number of pyridine rings is 1. The molecule has 0 aromatic carbocycles. The molecule has 0 radical (unpaired) electrons. The summed E-state index contributed by atoms with van der Waals surface area (Å²) in [7, 11) is 0. The number of aromatic nitrogens is 1. The van der Waals surface area contributed by atoms with Gasteiger partial charge in [0.2, 0.25) is 5.91 Å². The molecule has 3 aliphatic rings. The van der Waals surface area contributed by atoms with Crippen LogP contribution in [-0.2, 0) is 9.53 Å². The third kappa shape index (κ3) is 2.90. The van der Waals surface area contributed by atoms with Crippen LogP contribution < -0.4 is 5.32 Å². The van der Waals surface area contributed by atoms with Gasteiger partial charge in [-0.3, -0.25) is 14.6 Å². The van der Waals surface area contributed by atoms with Gasteiger partial charge in [0.25, 0.3) is 5.91 Å². The number of nitrogens with one attached hydrogen (secondary N) is 1. The van der Waals surface area contributed by atoms with Gasteiger partial charge in [-0.2, -0.15) is 0 Å². The van der Waals surface area contributed by atoms with Crippen molar-refractivity contribution in [2.45, 2.75) is 19.4 Å². The summed E-state index contributed by atoms with van der Waals surface area (Å²) in [6.45, 7) is 4.86. The monoisotopic (exact) mass is 329 g/mol. The molecule has 2 amide bonds. The van der Waals surface area contributed by atoms with Gasteiger partial charge in [-0.15, -0.1) is 0 Å². The quantitative estimate of drug-likeness (QED) is 0.892. The van der Waals surface area contributed by atoms with E-state index in [4.69, 9.17) is 4.74 Å². The first-order chi connectivity index (χ1) is 11.6. The predicted molar refractivity (Wildman–Crippen MR) is 87.1 cm³/mol. The van der Waals surface area contributed by atoms with E-state index in [2.05, 4.69) is 17.2 Å². The highest BCUT2D eigenvalue weighted by Gasteiger charge is 2.49. The number of hydrogen-bond donors (Lipinski definition) is 1. The van der Waals surface area contributed by atoms with Crippen LogP contribution in [0.5, 0.6) is 0 Å². The van der Waals surface area contributed by atoms with Crippen molar-refractivity contribution in [2.75, 3.05) is 26.2 Å². The molecule has 1 aromatic heterocycles. The molecule has 6 heteroatoms. The Labute approximate surface area is 141 Å². The topological polar surface area (TPSA) is 71.5 Å². The van der Waals surface area contributed by atoms with E-state index in [1.54, 1.807) is 24.5 Å². The van der Waals surface area contributed by atoms with Gasteiger partial charge in [0.1, 0.15) is 0 Å². The Morgan fingerprint density at radius 2 is 2.08 bits per heavy atom. The first-order valence-corrected chi connectivity index (χ1v) is 8.72. The fourth-order valence-corrected chi connectivity index (χ4v) is 3.92. The lowest BCUT2D eigenvalue weighted by molar-refractivity contribution is -0.132. The number of rotatable bonds is 4. The molecule has 6 nitrogen and oxygen atoms in total. The minimum atomic E-state index is -0.0846. The van der Waals surface area contributed by atoms with Crippen LogP contribution in [0.4, 0.5) is 0 Å². The first kappa shape index (κ1) is 15.6. The first-order valence-electron chi connectivity index (χ1n) is 8.72. The summed E-state index contributed by atoms with van der Waals surface area (Å²) in [5.74, 6) is 1.58. The maximum absolute atomic E-state index is 12.4. The maximum atomic E-state index is 12.4. The van der Waals surface area contributed by atoms with E-state index in [9.17, 15) is 9.59 Å². The van der Waals surface area contributed by atoms with Crippen molar-refractivity contribution < 1.29 is 14.3 Å². The lowest BCUT2D eigenvalue weighted by atomic mass is 9.93. The van der Waals surface area contributed by atoms with Crippen molar-refractivity contribution in [3.63, 3.8) is 0 Å². The SMILES string of the molecule is CC1CC1C(=O)N1C[C@@H]2[C@@H](CNC(=O)c3ccncc3)CO[C@@H]2C1. The van der Waals surface area contributed by atoms with Gasteiger partial charge >= 0.3 is 0 Å². The van der Waals surface area contributed by atoms with Crippen LogP contribution >= 0.6 is 0 Å². The summed E-state index contributed by atoms with van der Waals surface area (Å²) in [6, 6.07) is 3.41. The van der Waals surface area contributed by atoms with Crippen molar-refractivity contribution in [3.8, 4) is 0 Å². The van der Waals surface area contributed by atoms with Crippen LogP contribution in [0, 0.1) is 23.7 Å². The molecule has 5 atom stereocenters. The second-order valence-corrected chi connectivity index (χ2v) is 7.30. The third-order valence-electron chi connectivity index (χ3n) is 5.64. The van der Waals surface area contributed by atoms with Crippen LogP contribution in [0.1, 0.15) is 23.7 Å². The Morgan fingerprint density at radius 1 is 1.33 bits per heavy atom. The molecule has 1 aliphatic carbocycles. The number of carbonyl (C=O) groups excluding carboxylic acids is 2. The van der Waals surface area contributed by atoms with Gasteiger partial charge in [-0.1, -0.05) is 6.92 Å². The summed E-state index contributed by atoms with van der Waals surface area (Å²) < 4.78 is 5.88. The molecular weight excluding hydrogens is 306 g/mol. The zero-order chi connectivity index (χ0) is 16.7. The van der Waals surface area contributed by atoms with Crippen LogP contribution in [0.3, 0.4) is 0 Å². The van der Waals surface area contributed by atoms with Crippen molar-refractivity contribution in [2.24, 2.45) is 23.7 Å². The smallest absolute Gasteiger partial charge is 0.251 e.